The molecule has 3 heterocycles. The highest BCUT2D eigenvalue weighted by molar-refractivity contribution is 7.14. The van der Waals surface area contributed by atoms with E-state index in [9.17, 15) is 13.6 Å². The molecule has 9 nitrogen and oxygen atoms in total. The second-order valence-electron chi connectivity index (χ2n) is 8.53. The number of carbonyl (C=O) groups excluding carboxylic acids is 1. The van der Waals surface area contributed by atoms with Crippen molar-refractivity contribution < 1.29 is 13.6 Å². The van der Waals surface area contributed by atoms with E-state index in [4.69, 9.17) is 5.73 Å². The normalized spacial score (nSPS) is 17.3. The number of carbonyl (C=O) groups is 1. The van der Waals surface area contributed by atoms with E-state index < -0.39 is 23.6 Å². The second kappa shape index (κ2) is 11.8. The van der Waals surface area contributed by atoms with Gasteiger partial charge in [0.25, 0.3) is 5.91 Å². The van der Waals surface area contributed by atoms with Gasteiger partial charge in [0, 0.05) is 28.3 Å². The Morgan fingerprint density at radius 2 is 2.00 bits per heavy atom. The molecule has 0 bridgehead atoms. The van der Waals surface area contributed by atoms with Crippen LogP contribution in [0, 0.1) is 17.6 Å². The fourth-order valence-corrected chi connectivity index (χ4v) is 4.41. The zero-order valence-corrected chi connectivity index (χ0v) is 21.8. The summed E-state index contributed by atoms with van der Waals surface area (Å²) < 4.78 is 26.8. The molecular formula is C26H26F2N8OS. The van der Waals surface area contributed by atoms with Crippen molar-refractivity contribution in [3.05, 3.63) is 87.3 Å². The van der Waals surface area contributed by atoms with Crippen LogP contribution in [-0.2, 0) is 6.54 Å². The highest BCUT2D eigenvalue weighted by atomic mass is 32.1. The molecule has 3 aromatic rings. The first-order chi connectivity index (χ1) is 18.2. The molecule has 12 heteroatoms. The van der Waals surface area contributed by atoms with E-state index in [2.05, 4.69) is 35.6 Å². The highest BCUT2D eigenvalue weighted by Gasteiger charge is 2.19. The van der Waals surface area contributed by atoms with Crippen LogP contribution >= 0.6 is 11.3 Å². The predicted octanol–water partition coefficient (Wildman–Crippen LogP) is 4.61. The molecule has 0 spiro atoms. The van der Waals surface area contributed by atoms with Crippen LogP contribution in [0.25, 0.3) is 0 Å². The molecule has 2 atom stereocenters. The van der Waals surface area contributed by atoms with Crippen LogP contribution in [-0.4, -0.2) is 33.8 Å². The first-order valence-corrected chi connectivity index (χ1v) is 12.5. The van der Waals surface area contributed by atoms with Crippen molar-refractivity contribution in [3.8, 4) is 0 Å². The maximum Gasteiger partial charge on any atom is 0.274 e. The predicted molar refractivity (Wildman–Crippen MR) is 145 cm³/mol. The fraction of sp³-hybridized carbons (Fsp3) is 0.231. The van der Waals surface area contributed by atoms with Gasteiger partial charge in [-0.2, -0.15) is 0 Å². The van der Waals surface area contributed by atoms with Gasteiger partial charge < -0.3 is 16.4 Å². The largest absolute Gasteiger partial charge is 0.387 e. The van der Waals surface area contributed by atoms with Crippen molar-refractivity contribution in [1.82, 2.24) is 15.3 Å². The van der Waals surface area contributed by atoms with Gasteiger partial charge in [0.2, 0.25) is 0 Å². The van der Waals surface area contributed by atoms with Crippen molar-refractivity contribution in [3.63, 3.8) is 0 Å². The van der Waals surface area contributed by atoms with Gasteiger partial charge in [0.1, 0.15) is 12.2 Å². The highest BCUT2D eigenvalue weighted by Crippen LogP contribution is 2.22. The van der Waals surface area contributed by atoms with Crippen LogP contribution in [0.5, 0.6) is 0 Å². The monoisotopic (exact) mass is 536 g/mol. The van der Waals surface area contributed by atoms with Crippen LogP contribution in [0.1, 0.15) is 52.6 Å². The molecule has 1 unspecified atom stereocenters. The first-order valence-electron chi connectivity index (χ1n) is 11.7. The van der Waals surface area contributed by atoms with Crippen molar-refractivity contribution in [2.45, 2.75) is 33.4 Å². The zero-order valence-electron chi connectivity index (χ0n) is 20.9. The lowest BCUT2D eigenvalue weighted by atomic mass is 10.1. The molecule has 0 saturated carbocycles. The van der Waals surface area contributed by atoms with Gasteiger partial charge in [-0.05, 0) is 50.6 Å². The zero-order chi connectivity index (χ0) is 27.2. The average Bonchev–Trinajstić information content (AvgIpc) is 3.39. The number of hydrogen-bond acceptors (Lipinski definition) is 9. The van der Waals surface area contributed by atoms with Crippen LogP contribution in [0.3, 0.4) is 0 Å². The minimum Gasteiger partial charge on any atom is -0.387 e. The van der Waals surface area contributed by atoms with E-state index in [0.717, 1.165) is 33.3 Å². The molecule has 196 valence electrons. The quantitative estimate of drug-likeness (QED) is 0.362. The van der Waals surface area contributed by atoms with Gasteiger partial charge >= 0.3 is 0 Å². The first kappa shape index (κ1) is 26.7. The molecule has 0 saturated heterocycles. The van der Waals surface area contributed by atoms with E-state index >= 15 is 0 Å². The van der Waals surface area contributed by atoms with Crippen molar-refractivity contribution in [1.29, 1.82) is 0 Å². The summed E-state index contributed by atoms with van der Waals surface area (Å²) in [6.07, 6.45) is 6.01. The number of amides is 1. The summed E-state index contributed by atoms with van der Waals surface area (Å²) in [5.74, 6) is -1.72. The number of nitrogens with one attached hydrogen (secondary N) is 2. The van der Waals surface area contributed by atoms with Gasteiger partial charge in [-0.1, -0.05) is 6.07 Å². The molecule has 1 aromatic carbocycles. The van der Waals surface area contributed by atoms with Gasteiger partial charge in [0.15, 0.2) is 23.1 Å². The minimum absolute atomic E-state index is 0.0908. The topological polar surface area (TPSA) is 130 Å². The molecule has 1 aliphatic heterocycles. The smallest absolute Gasteiger partial charge is 0.274 e. The number of aliphatic imine (C=N–C) groups is 3. The summed E-state index contributed by atoms with van der Waals surface area (Å²) in [7, 11) is 0. The Morgan fingerprint density at radius 1 is 1.21 bits per heavy atom. The van der Waals surface area contributed by atoms with Gasteiger partial charge in [-0.25, -0.2) is 28.7 Å². The standard InChI is InChI=1S/C26H26F2N8OS/c1-14-21(34-13-35-24(14)29)12-32-16(3)22-7-5-18(38-22)11-33-25-23(30-8-9-31-25)26(37)36-15(2)17-4-6-19(27)20(28)10-17/h4-10,12-15H,11H2,1-3H3,(H,31,33)(H,36,37)(H2,29,34,35)/b21-12+,32-16?/t14?,15-/m0/s1. The Hall–Kier alpha value is -4.32. The Balaban J connectivity index is 1.40. The van der Waals surface area contributed by atoms with Gasteiger partial charge in [-0.3, -0.25) is 9.79 Å². The molecule has 1 amide bonds. The van der Waals surface area contributed by atoms with Gasteiger partial charge in [0.05, 0.1) is 29.9 Å². The number of thiophene rings is 1. The molecule has 1 aliphatic rings. The third kappa shape index (κ3) is 6.32. The number of aromatic nitrogens is 2. The number of halogens is 2. The maximum absolute atomic E-state index is 13.6. The summed E-state index contributed by atoms with van der Waals surface area (Å²) in [5.41, 5.74) is 7.94. The van der Waals surface area contributed by atoms with E-state index in [1.54, 1.807) is 24.5 Å². The summed E-state index contributed by atoms with van der Waals surface area (Å²) >= 11 is 1.55. The molecule has 0 fully saturated rings. The van der Waals surface area contributed by atoms with Gasteiger partial charge in [-0.15, -0.1) is 11.3 Å². The maximum atomic E-state index is 13.6. The number of hydrogen-bond donors (Lipinski definition) is 3. The number of nitrogens with zero attached hydrogens (tertiary/aromatic N) is 5. The summed E-state index contributed by atoms with van der Waals surface area (Å²) in [5, 5.41) is 5.90. The number of anilines is 1. The third-order valence-corrected chi connectivity index (χ3v) is 7.04. The molecule has 38 heavy (non-hydrogen) atoms. The third-order valence-electron chi connectivity index (χ3n) is 5.84. The van der Waals surface area contributed by atoms with Crippen LogP contribution in [0.4, 0.5) is 14.6 Å². The van der Waals surface area contributed by atoms with E-state index in [1.165, 1.54) is 24.8 Å². The van der Waals surface area contributed by atoms with E-state index in [-0.39, 0.29) is 11.6 Å². The molecular weight excluding hydrogens is 510 g/mol. The molecule has 4 N–H and O–H groups in total. The van der Waals surface area contributed by atoms with E-state index in [1.807, 2.05) is 26.0 Å². The summed E-state index contributed by atoms with van der Waals surface area (Å²) in [6, 6.07) is 6.86. The minimum atomic E-state index is -0.978. The van der Waals surface area contributed by atoms with Crippen LogP contribution in [0.15, 0.2) is 69.6 Å². The summed E-state index contributed by atoms with van der Waals surface area (Å²) in [4.78, 5) is 36.0. The Labute approximate surface area is 222 Å². The summed E-state index contributed by atoms with van der Waals surface area (Å²) in [6.45, 7) is 5.91. The Kier molecular flexibility index (Phi) is 8.31. The Morgan fingerprint density at radius 3 is 2.79 bits per heavy atom. The van der Waals surface area contributed by atoms with E-state index in [0.29, 0.717) is 23.8 Å². The lowest BCUT2D eigenvalue weighted by molar-refractivity contribution is 0.0935. The molecule has 0 radical (unpaired) electrons. The van der Waals surface area contributed by atoms with Crippen molar-refractivity contribution >= 4 is 40.9 Å². The lowest BCUT2D eigenvalue weighted by Crippen LogP contribution is -2.28. The number of benzene rings is 1. The molecule has 0 aliphatic carbocycles. The SMILES string of the molecule is CC(=N/C=C1/N=CN=C(N)C1C)c1ccc(CNc2nccnc2C(=O)N[C@@H](C)c2ccc(F)c(F)c2)s1. The van der Waals surface area contributed by atoms with Crippen molar-refractivity contribution in [2.24, 2.45) is 26.6 Å². The second-order valence-corrected chi connectivity index (χ2v) is 9.70. The van der Waals surface area contributed by atoms with Crippen LogP contribution in [0.2, 0.25) is 0 Å². The van der Waals surface area contributed by atoms with Crippen molar-refractivity contribution in [2.75, 3.05) is 5.32 Å². The number of nitrogens with two attached hydrogens (primary N) is 1. The number of amidine groups is 1. The van der Waals surface area contributed by atoms with Crippen LogP contribution < -0.4 is 16.4 Å². The lowest BCUT2D eigenvalue weighted by Gasteiger charge is -2.15. The molecule has 2 aromatic heterocycles. The number of rotatable bonds is 8. The fourth-order valence-electron chi connectivity index (χ4n) is 3.51. The Bertz CT molecular complexity index is 1460. The molecule has 4 rings (SSSR count). The average molecular weight is 537 g/mol.